The van der Waals surface area contributed by atoms with Gasteiger partial charge in [-0.3, -0.25) is 0 Å². The zero-order valence-corrected chi connectivity index (χ0v) is 16.8. The smallest absolute Gasteiger partial charge is 0.405 e. The normalized spacial score (nSPS) is 13.9. The van der Waals surface area contributed by atoms with E-state index in [1.54, 1.807) is 0 Å². The molecule has 0 bridgehead atoms. The molecule has 0 saturated carbocycles. The summed E-state index contributed by atoms with van der Waals surface area (Å²) >= 11 is 12.0. The number of amides is 1. The maximum atomic E-state index is 11.1. The molecule has 2 unspecified atom stereocenters. The molecule has 2 aromatic rings. The number of hydrogen-bond acceptors (Lipinski definition) is 1. The summed E-state index contributed by atoms with van der Waals surface area (Å²) in [6, 6.07) is 15.8. The number of carbonyl (C=O) groups is 1. The molecule has 0 aliphatic carbocycles. The molecule has 2 rings (SSSR count). The van der Waals surface area contributed by atoms with Crippen LogP contribution in [0.25, 0.3) is 0 Å². The highest BCUT2D eigenvalue weighted by molar-refractivity contribution is 6.30. The van der Waals surface area contributed by atoms with Crippen LogP contribution in [0.15, 0.2) is 48.5 Å². The van der Waals surface area contributed by atoms with Crippen LogP contribution in [0.3, 0.4) is 0 Å². The minimum Gasteiger partial charge on any atom is -0.465 e. The van der Waals surface area contributed by atoms with Crippen LogP contribution in [0, 0.1) is 5.92 Å². The summed E-state index contributed by atoms with van der Waals surface area (Å²) in [4.78, 5) is 11.1. The van der Waals surface area contributed by atoms with E-state index in [2.05, 4.69) is 24.4 Å². The first-order valence-electron chi connectivity index (χ1n) is 8.67. The second kappa shape index (κ2) is 8.79. The van der Waals surface area contributed by atoms with Crippen molar-refractivity contribution in [2.45, 2.75) is 45.1 Å². The van der Waals surface area contributed by atoms with Gasteiger partial charge in [-0.25, -0.2) is 4.79 Å². The highest BCUT2D eigenvalue weighted by atomic mass is 35.5. The molecule has 0 aliphatic heterocycles. The maximum Gasteiger partial charge on any atom is 0.405 e. The third-order valence-corrected chi connectivity index (χ3v) is 5.14. The summed E-state index contributed by atoms with van der Waals surface area (Å²) in [5.74, 6) is 0.497. The van der Waals surface area contributed by atoms with Crippen LogP contribution in [-0.4, -0.2) is 16.7 Å². The first kappa shape index (κ1) is 20.6. The van der Waals surface area contributed by atoms with E-state index >= 15 is 0 Å². The van der Waals surface area contributed by atoms with Crippen molar-refractivity contribution in [1.82, 2.24) is 5.32 Å². The molecule has 2 aromatic carbocycles. The summed E-state index contributed by atoms with van der Waals surface area (Å²) in [6.45, 7) is 6.00. The molecule has 1 amide bonds. The van der Waals surface area contributed by atoms with E-state index in [-0.39, 0.29) is 11.8 Å². The molecule has 26 heavy (non-hydrogen) atoms. The maximum absolute atomic E-state index is 11.1. The molecule has 0 spiro atoms. The Hall–Kier alpha value is -1.71. The highest BCUT2D eigenvalue weighted by Crippen LogP contribution is 2.34. The van der Waals surface area contributed by atoms with Gasteiger partial charge < -0.3 is 10.4 Å². The van der Waals surface area contributed by atoms with Gasteiger partial charge in [-0.15, -0.1) is 0 Å². The Kier molecular flexibility index (Phi) is 6.96. The average molecular weight is 394 g/mol. The molecule has 2 atom stereocenters. The molecule has 0 radical (unpaired) electrons. The third-order valence-electron chi connectivity index (χ3n) is 4.63. The Morgan fingerprint density at radius 3 is 2.04 bits per heavy atom. The summed E-state index contributed by atoms with van der Waals surface area (Å²) in [5, 5.41) is 13.1. The Morgan fingerprint density at radius 2 is 1.54 bits per heavy atom. The van der Waals surface area contributed by atoms with Crippen molar-refractivity contribution in [1.29, 1.82) is 0 Å². The van der Waals surface area contributed by atoms with Gasteiger partial charge in [-0.05, 0) is 73.9 Å². The van der Waals surface area contributed by atoms with Crippen LogP contribution in [0.1, 0.15) is 44.2 Å². The second-order valence-electron chi connectivity index (χ2n) is 7.48. The summed E-state index contributed by atoms with van der Waals surface area (Å²) in [5.41, 5.74) is 1.89. The number of benzene rings is 2. The van der Waals surface area contributed by atoms with Gasteiger partial charge in [-0.1, -0.05) is 54.4 Å². The van der Waals surface area contributed by atoms with Crippen LogP contribution >= 0.6 is 23.2 Å². The standard InChI is InChI=1S/C21H25Cl2NO2/c1-14(13-21(2,3)24-20(25)26)19(16-6-10-18(23)11-7-16)12-15-4-8-17(22)9-5-15/h4-11,14,19,24H,12-13H2,1-3H3,(H,25,26). The number of halogens is 2. The van der Waals surface area contributed by atoms with Gasteiger partial charge in [0.1, 0.15) is 0 Å². The second-order valence-corrected chi connectivity index (χ2v) is 8.36. The lowest BCUT2D eigenvalue weighted by Crippen LogP contribution is -2.44. The SMILES string of the molecule is CC(CC(C)(C)NC(=O)O)C(Cc1ccc(Cl)cc1)c1ccc(Cl)cc1. The number of hydrogen-bond donors (Lipinski definition) is 2. The van der Waals surface area contributed by atoms with Crippen molar-refractivity contribution in [3.8, 4) is 0 Å². The predicted molar refractivity (Wildman–Crippen MR) is 108 cm³/mol. The fraction of sp³-hybridized carbons (Fsp3) is 0.381. The van der Waals surface area contributed by atoms with E-state index in [0.717, 1.165) is 17.9 Å². The number of rotatable bonds is 7. The van der Waals surface area contributed by atoms with E-state index in [1.165, 1.54) is 11.1 Å². The quantitative estimate of drug-likeness (QED) is 0.572. The lowest BCUT2D eigenvalue weighted by molar-refractivity contribution is 0.175. The Morgan fingerprint density at radius 1 is 1.04 bits per heavy atom. The third kappa shape index (κ3) is 6.22. The van der Waals surface area contributed by atoms with E-state index in [1.807, 2.05) is 50.2 Å². The summed E-state index contributed by atoms with van der Waals surface area (Å²) < 4.78 is 0. The van der Waals surface area contributed by atoms with Crippen molar-refractivity contribution < 1.29 is 9.90 Å². The Balaban J connectivity index is 2.25. The first-order chi connectivity index (χ1) is 12.2. The molecular formula is C21H25Cl2NO2. The van der Waals surface area contributed by atoms with E-state index < -0.39 is 11.6 Å². The topological polar surface area (TPSA) is 49.3 Å². The van der Waals surface area contributed by atoms with Crippen LogP contribution in [-0.2, 0) is 6.42 Å². The van der Waals surface area contributed by atoms with Crippen LogP contribution in [0.2, 0.25) is 10.0 Å². The molecule has 0 heterocycles. The van der Waals surface area contributed by atoms with Crippen LogP contribution in [0.5, 0.6) is 0 Å². The van der Waals surface area contributed by atoms with Crippen molar-refractivity contribution in [3.05, 3.63) is 69.7 Å². The van der Waals surface area contributed by atoms with Crippen molar-refractivity contribution in [3.63, 3.8) is 0 Å². The van der Waals surface area contributed by atoms with Crippen molar-refractivity contribution in [2.75, 3.05) is 0 Å². The lowest BCUT2D eigenvalue weighted by Gasteiger charge is -2.33. The van der Waals surface area contributed by atoms with Crippen molar-refractivity contribution >= 4 is 29.3 Å². The predicted octanol–water partition coefficient (Wildman–Crippen LogP) is 6.39. The fourth-order valence-electron chi connectivity index (χ4n) is 3.52. The van der Waals surface area contributed by atoms with Gasteiger partial charge in [0.15, 0.2) is 0 Å². The zero-order chi connectivity index (χ0) is 19.3. The average Bonchev–Trinajstić information content (AvgIpc) is 2.53. The Labute approximate surface area is 165 Å². The monoisotopic (exact) mass is 393 g/mol. The lowest BCUT2D eigenvalue weighted by atomic mass is 9.77. The van der Waals surface area contributed by atoms with E-state index in [0.29, 0.717) is 5.02 Å². The minimum absolute atomic E-state index is 0.239. The minimum atomic E-state index is -0.997. The van der Waals surface area contributed by atoms with Crippen molar-refractivity contribution in [2.24, 2.45) is 5.92 Å². The zero-order valence-electron chi connectivity index (χ0n) is 15.3. The molecule has 2 N–H and O–H groups in total. The van der Waals surface area contributed by atoms with Gasteiger partial charge >= 0.3 is 6.09 Å². The largest absolute Gasteiger partial charge is 0.465 e. The summed E-state index contributed by atoms with van der Waals surface area (Å²) in [6.07, 6.45) is 0.575. The number of nitrogens with one attached hydrogen (secondary N) is 1. The molecule has 3 nitrogen and oxygen atoms in total. The molecular weight excluding hydrogens is 369 g/mol. The van der Waals surface area contributed by atoms with Gasteiger partial charge in [-0.2, -0.15) is 0 Å². The van der Waals surface area contributed by atoms with Gasteiger partial charge in [0.05, 0.1) is 0 Å². The molecule has 140 valence electrons. The van der Waals surface area contributed by atoms with Crippen LogP contribution in [0.4, 0.5) is 4.79 Å². The first-order valence-corrected chi connectivity index (χ1v) is 9.43. The summed E-state index contributed by atoms with van der Waals surface area (Å²) in [7, 11) is 0. The van der Waals surface area contributed by atoms with Crippen LogP contribution < -0.4 is 5.32 Å². The highest BCUT2D eigenvalue weighted by Gasteiger charge is 2.28. The van der Waals surface area contributed by atoms with E-state index in [9.17, 15) is 4.79 Å². The molecule has 5 heteroatoms. The molecule has 0 saturated heterocycles. The Bertz CT molecular complexity index is 727. The molecule has 0 aromatic heterocycles. The van der Waals surface area contributed by atoms with E-state index in [4.69, 9.17) is 28.3 Å². The molecule has 0 fully saturated rings. The van der Waals surface area contributed by atoms with Gasteiger partial charge in [0.25, 0.3) is 0 Å². The van der Waals surface area contributed by atoms with Gasteiger partial charge in [0, 0.05) is 15.6 Å². The van der Waals surface area contributed by atoms with Gasteiger partial charge in [0.2, 0.25) is 0 Å². The number of carboxylic acid groups (broad SMARTS) is 1. The molecule has 0 aliphatic rings. The fourth-order valence-corrected chi connectivity index (χ4v) is 3.77.